The lowest BCUT2D eigenvalue weighted by atomic mass is 9.98. The smallest absolute Gasteiger partial charge is 0.330 e. The number of rotatable bonds is 5. The molecule has 0 heterocycles. The maximum Gasteiger partial charge on any atom is 0.330 e. The second kappa shape index (κ2) is 5.70. The molecule has 0 bridgehead atoms. The van der Waals surface area contributed by atoms with Crippen molar-refractivity contribution in [2.75, 3.05) is 6.61 Å². The summed E-state index contributed by atoms with van der Waals surface area (Å²) < 4.78 is 4.63. The molecule has 0 aromatic rings. The van der Waals surface area contributed by atoms with E-state index >= 15 is 0 Å². The van der Waals surface area contributed by atoms with E-state index in [9.17, 15) is 9.59 Å². The zero-order valence-corrected chi connectivity index (χ0v) is 8.37. The number of ketones is 1. The van der Waals surface area contributed by atoms with Gasteiger partial charge in [-0.15, -0.1) is 0 Å². The summed E-state index contributed by atoms with van der Waals surface area (Å²) in [5.41, 5.74) is 5.40. The van der Waals surface area contributed by atoms with Gasteiger partial charge in [0.1, 0.15) is 0 Å². The Labute approximate surface area is 78.4 Å². The topological polar surface area (TPSA) is 69.4 Å². The summed E-state index contributed by atoms with van der Waals surface area (Å²) in [6.45, 7) is 5.56. The van der Waals surface area contributed by atoms with E-state index in [2.05, 4.69) is 4.74 Å². The lowest BCUT2D eigenvalue weighted by molar-refractivity contribution is -0.148. The largest absolute Gasteiger partial charge is 0.464 e. The SMILES string of the molecule is CCOC(=O)C(N)C(=O)C(C)CC. The Morgan fingerprint density at radius 3 is 2.31 bits per heavy atom. The first-order valence-corrected chi connectivity index (χ1v) is 4.50. The van der Waals surface area contributed by atoms with Crippen molar-refractivity contribution in [3.8, 4) is 0 Å². The average Bonchev–Trinajstić information content (AvgIpc) is 2.14. The number of hydrogen-bond donors (Lipinski definition) is 1. The Hall–Kier alpha value is -0.900. The first kappa shape index (κ1) is 12.1. The normalized spacial score (nSPS) is 14.8. The number of esters is 1. The lowest BCUT2D eigenvalue weighted by Crippen LogP contribution is -2.42. The zero-order chi connectivity index (χ0) is 10.4. The fourth-order valence-corrected chi connectivity index (χ4v) is 0.856. The van der Waals surface area contributed by atoms with E-state index in [-0.39, 0.29) is 18.3 Å². The van der Waals surface area contributed by atoms with Crippen molar-refractivity contribution >= 4 is 11.8 Å². The molecule has 0 fully saturated rings. The van der Waals surface area contributed by atoms with Gasteiger partial charge in [-0.1, -0.05) is 13.8 Å². The number of ether oxygens (including phenoxy) is 1. The molecule has 0 spiro atoms. The first-order chi connectivity index (χ1) is 6.04. The van der Waals surface area contributed by atoms with Crippen LogP contribution >= 0.6 is 0 Å². The van der Waals surface area contributed by atoms with Crippen LogP contribution in [0.3, 0.4) is 0 Å². The predicted molar refractivity (Wildman–Crippen MR) is 49.1 cm³/mol. The molecule has 0 aromatic carbocycles. The van der Waals surface area contributed by atoms with E-state index in [4.69, 9.17) is 5.73 Å². The molecular weight excluding hydrogens is 170 g/mol. The maximum atomic E-state index is 11.4. The molecule has 2 unspecified atom stereocenters. The summed E-state index contributed by atoms with van der Waals surface area (Å²) in [6, 6.07) is -1.12. The van der Waals surface area contributed by atoms with Gasteiger partial charge in [-0.2, -0.15) is 0 Å². The molecule has 0 saturated heterocycles. The third-order valence-corrected chi connectivity index (χ3v) is 1.95. The van der Waals surface area contributed by atoms with Crippen LogP contribution in [0, 0.1) is 5.92 Å². The minimum absolute atomic E-state index is 0.181. The molecule has 0 amide bonds. The van der Waals surface area contributed by atoms with Gasteiger partial charge in [0.2, 0.25) is 0 Å². The molecule has 13 heavy (non-hydrogen) atoms. The second-order valence-electron chi connectivity index (χ2n) is 2.94. The van der Waals surface area contributed by atoms with Crippen LogP contribution in [0.2, 0.25) is 0 Å². The van der Waals surface area contributed by atoms with Crippen LogP contribution in [0.25, 0.3) is 0 Å². The Morgan fingerprint density at radius 2 is 1.92 bits per heavy atom. The number of carbonyl (C=O) groups is 2. The van der Waals surface area contributed by atoms with Crippen LogP contribution in [0.5, 0.6) is 0 Å². The van der Waals surface area contributed by atoms with E-state index in [0.29, 0.717) is 6.42 Å². The third-order valence-electron chi connectivity index (χ3n) is 1.95. The summed E-state index contributed by atoms with van der Waals surface area (Å²) >= 11 is 0. The van der Waals surface area contributed by atoms with Crippen LogP contribution in [0.1, 0.15) is 27.2 Å². The zero-order valence-electron chi connectivity index (χ0n) is 8.37. The number of Topliss-reactive ketones (excluding diaryl/α,β-unsaturated/α-hetero) is 1. The van der Waals surface area contributed by atoms with Crippen LogP contribution in [0.15, 0.2) is 0 Å². The Kier molecular flexibility index (Phi) is 5.30. The van der Waals surface area contributed by atoms with Gasteiger partial charge in [0.05, 0.1) is 6.61 Å². The van der Waals surface area contributed by atoms with Crippen LogP contribution in [-0.4, -0.2) is 24.4 Å². The minimum atomic E-state index is -1.12. The Morgan fingerprint density at radius 1 is 1.38 bits per heavy atom. The van der Waals surface area contributed by atoms with Crippen LogP contribution in [0.4, 0.5) is 0 Å². The van der Waals surface area contributed by atoms with Crippen molar-refractivity contribution in [1.29, 1.82) is 0 Å². The Balaban J connectivity index is 4.16. The monoisotopic (exact) mass is 187 g/mol. The molecule has 4 nitrogen and oxygen atoms in total. The van der Waals surface area contributed by atoms with Crippen molar-refractivity contribution in [3.63, 3.8) is 0 Å². The van der Waals surface area contributed by atoms with E-state index in [1.165, 1.54) is 0 Å². The molecule has 4 heteroatoms. The average molecular weight is 187 g/mol. The number of carbonyl (C=O) groups excluding carboxylic acids is 2. The number of nitrogens with two attached hydrogens (primary N) is 1. The van der Waals surface area contributed by atoms with Crippen molar-refractivity contribution in [2.45, 2.75) is 33.2 Å². The Bertz CT molecular complexity index is 191. The molecular formula is C9H17NO3. The molecule has 0 aliphatic carbocycles. The molecule has 0 aliphatic heterocycles. The van der Waals surface area contributed by atoms with Crippen LogP contribution < -0.4 is 5.73 Å². The van der Waals surface area contributed by atoms with Crippen molar-refractivity contribution < 1.29 is 14.3 Å². The highest BCUT2D eigenvalue weighted by Crippen LogP contribution is 2.05. The molecule has 0 aromatic heterocycles. The van der Waals surface area contributed by atoms with Crippen molar-refractivity contribution in [2.24, 2.45) is 11.7 Å². The highest BCUT2D eigenvalue weighted by atomic mass is 16.5. The molecule has 0 aliphatic rings. The minimum Gasteiger partial charge on any atom is -0.464 e. The predicted octanol–water partition coefficient (Wildman–Crippen LogP) is 0.492. The fraction of sp³-hybridized carbons (Fsp3) is 0.778. The lowest BCUT2D eigenvalue weighted by Gasteiger charge is -2.13. The van der Waals surface area contributed by atoms with Gasteiger partial charge >= 0.3 is 5.97 Å². The molecule has 0 saturated carbocycles. The van der Waals surface area contributed by atoms with Crippen molar-refractivity contribution in [1.82, 2.24) is 0 Å². The highest BCUT2D eigenvalue weighted by molar-refractivity contribution is 6.03. The molecule has 76 valence electrons. The summed E-state index contributed by atoms with van der Waals surface area (Å²) in [4.78, 5) is 22.4. The molecule has 0 rings (SSSR count). The number of hydrogen-bond acceptors (Lipinski definition) is 4. The van der Waals surface area contributed by atoms with E-state index in [1.807, 2.05) is 6.92 Å². The summed E-state index contributed by atoms with van der Waals surface area (Å²) in [5.74, 6) is -1.06. The standard InChI is InChI=1S/C9H17NO3/c1-4-6(3)8(11)7(10)9(12)13-5-2/h6-7H,4-5,10H2,1-3H3. The van der Waals surface area contributed by atoms with Gasteiger partial charge in [0.15, 0.2) is 11.8 Å². The molecule has 2 atom stereocenters. The van der Waals surface area contributed by atoms with Gasteiger partial charge in [-0.05, 0) is 13.3 Å². The van der Waals surface area contributed by atoms with Gasteiger partial charge < -0.3 is 10.5 Å². The van der Waals surface area contributed by atoms with Gasteiger partial charge in [-0.3, -0.25) is 4.79 Å². The highest BCUT2D eigenvalue weighted by Gasteiger charge is 2.26. The molecule has 0 radical (unpaired) electrons. The third kappa shape index (κ3) is 3.55. The maximum absolute atomic E-state index is 11.4. The van der Waals surface area contributed by atoms with Gasteiger partial charge in [0.25, 0.3) is 0 Å². The summed E-state index contributed by atoms with van der Waals surface area (Å²) in [6.07, 6.45) is 0.686. The quantitative estimate of drug-likeness (QED) is 0.502. The molecule has 2 N–H and O–H groups in total. The summed E-state index contributed by atoms with van der Waals surface area (Å²) in [7, 11) is 0. The van der Waals surface area contributed by atoms with Gasteiger partial charge in [0, 0.05) is 5.92 Å². The van der Waals surface area contributed by atoms with Crippen LogP contribution in [-0.2, 0) is 14.3 Å². The summed E-state index contributed by atoms with van der Waals surface area (Å²) in [5, 5.41) is 0. The van der Waals surface area contributed by atoms with Gasteiger partial charge in [-0.25, -0.2) is 4.79 Å². The fourth-order valence-electron chi connectivity index (χ4n) is 0.856. The first-order valence-electron chi connectivity index (χ1n) is 4.50. The second-order valence-corrected chi connectivity index (χ2v) is 2.94. The van der Waals surface area contributed by atoms with E-state index in [0.717, 1.165) is 0 Å². The van der Waals surface area contributed by atoms with E-state index in [1.54, 1.807) is 13.8 Å². The van der Waals surface area contributed by atoms with Crippen molar-refractivity contribution in [3.05, 3.63) is 0 Å². The van der Waals surface area contributed by atoms with E-state index < -0.39 is 12.0 Å².